The molecule has 26 heavy (non-hydrogen) atoms. The topological polar surface area (TPSA) is 49.4 Å². The molecular weight excluding hydrogens is 358 g/mol. The zero-order valence-corrected chi connectivity index (χ0v) is 15.9. The van der Waals surface area contributed by atoms with Crippen LogP contribution in [0.15, 0.2) is 28.0 Å². The third-order valence-electron chi connectivity index (χ3n) is 4.86. The Balaban J connectivity index is 2.05. The van der Waals surface area contributed by atoms with Crippen LogP contribution < -0.4 is 5.32 Å². The molecular formula is C19H22F2N2O2S. The molecule has 0 aromatic heterocycles. The fourth-order valence-electron chi connectivity index (χ4n) is 3.65. The van der Waals surface area contributed by atoms with Crippen LogP contribution in [-0.2, 0) is 9.84 Å². The first kappa shape index (κ1) is 18.9. The second-order valence-corrected chi connectivity index (χ2v) is 8.53. The Bertz CT molecular complexity index is 927. The number of anilines is 1. The van der Waals surface area contributed by atoms with Crippen LogP contribution in [0.3, 0.4) is 0 Å². The number of allylic oxidation sites excluding steroid dienone is 2. The summed E-state index contributed by atoms with van der Waals surface area (Å²) >= 11 is 0. The Labute approximate surface area is 153 Å². The molecule has 1 unspecified atom stereocenters. The number of benzene rings is 1. The molecule has 0 saturated carbocycles. The van der Waals surface area contributed by atoms with E-state index in [1.165, 1.54) is 0 Å². The molecule has 1 N–H and O–H groups in total. The molecule has 1 aromatic rings. The highest BCUT2D eigenvalue weighted by molar-refractivity contribution is 7.96. The Morgan fingerprint density at radius 3 is 2.73 bits per heavy atom. The lowest BCUT2D eigenvalue weighted by Crippen LogP contribution is -2.53. The van der Waals surface area contributed by atoms with Gasteiger partial charge in [-0.25, -0.2) is 17.2 Å². The number of likely N-dealkylation sites (tertiary alicyclic amines) is 1. The van der Waals surface area contributed by atoms with Crippen molar-refractivity contribution in [3.05, 3.63) is 28.7 Å². The number of nitrogens with one attached hydrogen (secondary N) is 1. The van der Waals surface area contributed by atoms with Crippen molar-refractivity contribution in [3.8, 4) is 11.8 Å². The standard InChI is InChI=1S/C19H22F2N2O2S/c1-4-7-16-13(5-2)14-8-6-9-15(18(14)26(16,24)25)22-17-10-11-23(3)12-19(17,20)21/h6,8-9,17,22H,5,10-12H2,1-3H3. The summed E-state index contributed by atoms with van der Waals surface area (Å²) in [5.74, 6) is 2.41. The van der Waals surface area contributed by atoms with Crippen LogP contribution >= 0.6 is 0 Å². The molecule has 0 bridgehead atoms. The molecule has 1 aromatic carbocycles. The first-order valence-corrected chi connectivity index (χ1v) is 10.1. The number of alkyl halides is 2. The molecule has 4 nitrogen and oxygen atoms in total. The molecule has 2 aliphatic rings. The Morgan fingerprint density at radius 1 is 1.38 bits per heavy atom. The number of piperidine rings is 1. The highest BCUT2D eigenvalue weighted by Gasteiger charge is 2.45. The summed E-state index contributed by atoms with van der Waals surface area (Å²) < 4.78 is 54.9. The molecule has 0 amide bonds. The summed E-state index contributed by atoms with van der Waals surface area (Å²) in [6.45, 7) is 3.62. The second kappa shape index (κ2) is 6.67. The minimum atomic E-state index is -3.81. The number of nitrogens with zero attached hydrogens (tertiary/aromatic N) is 1. The van der Waals surface area contributed by atoms with Gasteiger partial charge in [0.2, 0.25) is 9.84 Å². The fourth-order valence-corrected chi connectivity index (χ4v) is 5.56. The van der Waals surface area contributed by atoms with Gasteiger partial charge in [-0.1, -0.05) is 25.0 Å². The van der Waals surface area contributed by atoms with Gasteiger partial charge in [0.15, 0.2) is 0 Å². The highest BCUT2D eigenvalue weighted by atomic mass is 32.2. The molecule has 1 fully saturated rings. The lowest BCUT2D eigenvalue weighted by Gasteiger charge is -2.37. The number of fused-ring (bicyclic) bond motifs is 1. The van der Waals surface area contributed by atoms with Gasteiger partial charge in [-0.2, -0.15) is 0 Å². The van der Waals surface area contributed by atoms with E-state index in [9.17, 15) is 17.2 Å². The van der Waals surface area contributed by atoms with E-state index in [0.717, 1.165) is 0 Å². The summed E-state index contributed by atoms with van der Waals surface area (Å²) in [7, 11) is -2.16. The predicted octanol–water partition coefficient (Wildman–Crippen LogP) is 3.37. The van der Waals surface area contributed by atoms with Crippen LogP contribution in [0.4, 0.5) is 14.5 Å². The zero-order chi connectivity index (χ0) is 19.1. The lowest BCUT2D eigenvalue weighted by molar-refractivity contribution is -0.0673. The molecule has 0 spiro atoms. The van der Waals surface area contributed by atoms with Crippen molar-refractivity contribution in [2.24, 2.45) is 0 Å². The Hall–Kier alpha value is -1.91. The van der Waals surface area contributed by atoms with E-state index in [1.54, 1.807) is 37.1 Å². The van der Waals surface area contributed by atoms with Gasteiger partial charge >= 0.3 is 0 Å². The number of rotatable bonds is 3. The predicted molar refractivity (Wildman–Crippen MR) is 98.8 cm³/mol. The van der Waals surface area contributed by atoms with Crippen molar-refractivity contribution in [1.82, 2.24) is 4.90 Å². The van der Waals surface area contributed by atoms with E-state index < -0.39 is 21.8 Å². The fraction of sp³-hybridized carbons (Fsp3) is 0.474. The van der Waals surface area contributed by atoms with Gasteiger partial charge in [0.05, 0.1) is 18.3 Å². The molecule has 1 saturated heterocycles. The third kappa shape index (κ3) is 3.01. The van der Waals surface area contributed by atoms with E-state index >= 15 is 0 Å². The molecule has 2 aliphatic heterocycles. The van der Waals surface area contributed by atoms with Crippen molar-refractivity contribution in [2.45, 2.75) is 43.5 Å². The number of hydrogen-bond acceptors (Lipinski definition) is 4. The number of sulfone groups is 1. The maximum Gasteiger partial charge on any atom is 0.280 e. The van der Waals surface area contributed by atoms with E-state index in [1.807, 2.05) is 6.92 Å². The highest BCUT2D eigenvalue weighted by Crippen LogP contribution is 2.45. The van der Waals surface area contributed by atoms with E-state index in [0.29, 0.717) is 24.1 Å². The van der Waals surface area contributed by atoms with Crippen molar-refractivity contribution in [1.29, 1.82) is 0 Å². The average molecular weight is 380 g/mol. The zero-order valence-electron chi connectivity index (χ0n) is 15.1. The Kier molecular flexibility index (Phi) is 4.84. The van der Waals surface area contributed by atoms with Gasteiger partial charge in [0, 0.05) is 12.1 Å². The minimum absolute atomic E-state index is 0.0735. The van der Waals surface area contributed by atoms with Gasteiger partial charge in [-0.05, 0) is 38.5 Å². The van der Waals surface area contributed by atoms with Crippen LogP contribution in [-0.4, -0.2) is 45.4 Å². The summed E-state index contributed by atoms with van der Waals surface area (Å²) in [5.41, 5.74) is 1.44. The van der Waals surface area contributed by atoms with E-state index in [-0.39, 0.29) is 28.5 Å². The van der Waals surface area contributed by atoms with Gasteiger partial charge in [0.25, 0.3) is 5.92 Å². The van der Waals surface area contributed by atoms with Gasteiger partial charge in [-0.15, -0.1) is 5.92 Å². The van der Waals surface area contributed by atoms with Crippen molar-refractivity contribution >= 4 is 21.1 Å². The molecule has 3 rings (SSSR count). The van der Waals surface area contributed by atoms with Gasteiger partial charge < -0.3 is 10.2 Å². The van der Waals surface area contributed by atoms with E-state index in [4.69, 9.17) is 0 Å². The minimum Gasteiger partial charge on any atom is -0.375 e. The normalized spacial score (nSPS) is 24.0. The van der Waals surface area contributed by atoms with E-state index in [2.05, 4.69) is 17.2 Å². The molecule has 2 heterocycles. The van der Waals surface area contributed by atoms with Crippen LogP contribution in [0, 0.1) is 11.8 Å². The maximum atomic E-state index is 14.4. The summed E-state index contributed by atoms with van der Waals surface area (Å²) in [4.78, 5) is 1.74. The number of hydrogen-bond donors (Lipinski definition) is 1. The summed E-state index contributed by atoms with van der Waals surface area (Å²) in [6, 6.07) is 3.86. The van der Waals surface area contributed by atoms with Crippen molar-refractivity contribution in [2.75, 3.05) is 25.5 Å². The van der Waals surface area contributed by atoms with Crippen LogP contribution in [0.25, 0.3) is 5.57 Å². The summed E-state index contributed by atoms with van der Waals surface area (Å²) in [5, 5.41) is 2.82. The summed E-state index contributed by atoms with van der Waals surface area (Å²) in [6.07, 6.45) is 0.743. The van der Waals surface area contributed by atoms with Crippen molar-refractivity contribution < 1.29 is 17.2 Å². The third-order valence-corrected chi connectivity index (χ3v) is 6.73. The van der Waals surface area contributed by atoms with Gasteiger partial charge in [-0.3, -0.25) is 0 Å². The largest absolute Gasteiger partial charge is 0.375 e. The SMILES string of the molecule is CC#CC1=C(CC)c2cccc(NC3CCN(C)CC3(F)F)c2S1(=O)=O. The maximum absolute atomic E-state index is 14.4. The first-order valence-electron chi connectivity index (χ1n) is 8.59. The van der Waals surface area contributed by atoms with Crippen molar-refractivity contribution in [3.63, 3.8) is 0 Å². The Morgan fingerprint density at radius 2 is 2.12 bits per heavy atom. The molecule has 7 heteroatoms. The molecule has 0 radical (unpaired) electrons. The average Bonchev–Trinajstić information content (AvgIpc) is 2.78. The van der Waals surface area contributed by atoms with Crippen LogP contribution in [0.1, 0.15) is 32.3 Å². The quantitative estimate of drug-likeness (QED) is 0.817. The molecule has 0 aliphatic carbocycles. The monoisotopic (exact) mass is 380 g/mol. The first-order chi connectivity index (χ1) is 12.2. The smallest absolute Gasteiger partial charge is 0.280 e. The number of halogens is 2. The lowest BCUT2D eigenvalue weighted by atomic mass is 9.99. The van der Waals surface area contributed by atoms with Crippen LogP contribution in [0.5, 0.6) is 0 Å². The second-order valence-electron chi connectivity index (χ2n) is 6.71. The van der Waals surface area contributed by atoms with Crippen LogP contribution in [0.2, 0.25) is 0 Å². The molecule has 140 valence electrons. The van der Waals surface area contributed by atoms with Gasteiger partial charge in [0.1, 0.15) is 9.80 Å². The molecule has 1 atom stereocenters.